The molecule has 0 amide bonds. The Morgan fingerprint density at radius 1 is 1.04 bits per heavy atom. The Bertz CT molecular complexity index is 787. The predicted octanol–water partition coefficient (Wildman–Crippen LogP) is 2.12. The molecule has 1 aliphatic rings. The molecule has 2 rings (SSSR count). The van der Waals surface area contributed by atoms with Crippen LogP contribution in [0.5, 0.6) is 0 Å². The minimum Gasteiger partial charge on any atom is -0.213 e. The van der Waals surface area contributed by atoms with Crippen molar-refractivity contribution in [3.05, 3.63) is 42.0 Å². The van der Waals surface area contributed by atoms with E-state index < -0.39 is 20.0 Å². The highest BCUT2D eigenvalue weighted by Gasteiger charge is 2.19. The number of nitrogens with zero attached hydrogens (tertiary/aromatic N) is 1. The molecule has 0 saturated carbocycles. The fourth-order valence-electron chi connectivity index (χ4n) is 2.83. The van der Waals surface area contributed by atoms with E-state index in [1.807, 2.05) is 0 Å². The van der Waals surface area contributed by atoms with Gasteiger partial charge < -0.3 is 0 Å². The molecule has 0 bridgehead atoms. The summed E-state index contributed by atoms with van der Waals surface area (Å²) in [6, 6.07) is 8.05. The summed E-state index contributed by atoms with van der Waals surface area (Å²) in [4.78, 5) is 0.174. The molecular formula is C17H26N2O4S2. The summed E-state index contributed by atoms with van der Waals surface area (Å²) in [6.07, 6.45) is 8.50. The third-order valence-electron chi connectivity index (χ3n) is 4.24. The fourth-order valence-corrected chi connectivity index (χ4v) is 4.72. The summed E-state index contributed by atoms with van der Waals surface area (Å²) in [7, 11) is -7.00. The van der Waals surface area contributed by atoms with Crippen LogP contribution in [0.1, 0.15) is 32.1 Å². The number of hydrogen-bond acceptors (Lipinski definition) is 4. The van der Waals surface area contributed by atoms with Crippen LogP contribution in [-0.2, 0) is 20.0 Å². The maximum Gasteiger partial charge on any atom is 0.240 e. The van der Waals surface area contributed by atoms with Crippen LogP contribution < -0.4 is 4.72 Å². The van der Waals surface area contributed by atoms with Gasteiger partial charge in [-0.2, -0.15) is 0 Å². The molecule has 0 spiro atoms. The Hall–Kier alpha value is -1.22. The van der Waals surface area contributed by atoms with Crippen LogP contribution >= 0.6 is 0 Å². The lowest BCUT2D eigenvalue weighted by atomic mass is 9.97. The zero-order valence-corrected chi connectivity index (χ0v) is 16.2. The molecule has 25 heavy (non-hydrogen) atoms. The SMILES string of the molecule is CS(=O)(=O)N(CCNS(=O)(=O)c1ccccc1)CCC1=CCCCC1. The number of rotatable bonds is 9. The Labute approximate surface area is 151 Å². The topological polar surface area (TPSA) is 83.6 Å². The number of allylic oxidation sites excluding steroid dienone is 1. The molecule has 0 aromatic heterocycles. The van der Waals surface area contributed by atoms with E-state index in [4.69, 9.17) is 0 Å². The second kappa shape index (κ2) is 8.93. The van der Waals surface area contributed by atoms with Crippen molar-refractivity contribution in [3.63, 3.8) is 0 Å². The van der Waals surface area contributed by atoms with Gasteiger partial charge in [0.25, 0.3) is 0 Å². The predicted molar refractivity (Wildman–Crippen MR) is 99.2 cm³/mol. The number of nitrogens with one attached hydrogen (secondary N) is 1. The first-order valence-corrected chi connectivity index (χ1v) is 11.8. The van der Waals surface area contributed by atoms with E-state index in [1.165, 1.54) is 28.4 Å². The molecule has 0 unspecified atom stereocenters. The zero-order valence-electron chi connectivity index (χ0n) is 14.5. The quantitative estimate of drug-likeness (QED) is 0.659. The van der Waals surface area contributed by atoms with E-state index >= 15 is 0 Å². The summed E-state index contributed by atoms with van der Waals surface area (Å²) >= 11 is 0. The number of benzene rings is 1. The summed E-state index contributed by atoms with van der Waals surface area (Å²) in [5.74, 6) is 0. The molecule has 0 heterocycles. The van der Waals surface area contributed by atoms with Crippen LogP contribution in [0.4, 0.5) is 0 Å². The van der Waals surface area contributed by atoms with Crippen molar-refractivity contribution in [2.75, 3.05) is 25.9 Å². The lowest BCUT2D eigenvalue weighted by molar-refractivity contribution is 0.416. The summed E-state index contributed by atoms with van der Waals surface area (Å²) in [5.41, 5.74) is 1.30. The van der Waals surface area contributed by atoms with Crippen molar-refractivity contribution in [1.29, 1.82) is 0 Å². The van der Waals surface area contributed by atoms with E-state index in [0.29, 0.717) is 13.0 Å². The van der Waals surface area contributed by atoms with Gasteiger partial charge in [0.05, 0.1) is 11.2 Å². The van der Waals surface area contributed by atoms with Crippen molar-refractivity contribution in [2.24, 2.45) is 0 Å². The molecule has 1 aromatic rings. The Kier molecular flexibility index (Phi) is 7.18. The molecule has 0 atom stereocenters. The van der Waals surface area contributed by atoms with E-state index in [0.717, 1.165) is 25.5 Å². The molecule has 140 valence electrons. The van der Waals surface area contributed by atoms with Crippen LogP contribution in [0.25, 0.3) is 0 Å². The highest BCUT2D eigenvalue weighted by Crippen LogP contribution is 2.20. The molecule has 1 aromatic carbocycles. The van der Waals surface area contributed by atoms with Gasteiger partial charge in [0.15, 0.2) is 0 Å². The average Bonchev–Trinajstić information content (AvgIpc) is 2.58. The molecule has 8 heteroatoms. The number of hydrogen-bond donors (Lipinski definition) is 1. The van der Waals surface area contributed by atoms with Crippen molar-refractivity contribution in [1.82, 2.24) is 9.03 Å². The molecule has 1 aliphatic carbocycles. The second-order valence-electron chi connectivity index (χ2n) is 6.23. The van der Waals surface area contributed by atoms with Crippen molar-refractivity contribution in [2.45, 2.75) is 37.0 Å². The summed E-state index contributed by atoms with van der Waals surface area (Å²) in [6.45, 7) is 0.555. The van der Waals surface area contributed by atoms with Gasteiger partial charge >= 0.3 is 0 Å². The van der Waals surface area contributed by atoms with E-state index in [-0.39, 0.29) is 18.0 Å². The fraction of sp³-hybridized carbons (Fsp3) is 0.529. The Morgan fingerprint density at radius 2 is 1.76 bits per heavy atom. The normalized spacial score (nSPS) is 16.0. The maximum atomic E-state index is 12.2. The lowest BCUT2D eigenvalue weighted by Gasteiger charge is -2.22. The standard InChI is InChI=1S/C17H26N2O4S2/c1-24(20,21)19(14-12-16-8-4-2-5-9-16)15-13-18-25(22,23)17-10-6-3-7-11-17/h3,6-8,10-11,18H,2,4-5,9,12-15H2,1H3. The van der Waals surface area contributed by atoms with Gasteiger partial charge in [-0.1, -0.05) is 29.8 Å². The van der Waals surface area contributed by atoms with Crippen molar-refractivity contribution >= 4 is 20.0 Å². The van der Waals surface area contributed by atoms with Crippen molar-refractivity contribution < 1.29 is 16.8 Å². The van der Waals surface area contributed by atoms with E-state index in [2.05, 4.69) is 10.8 Å². The van der Waals surface area contributed by atoms with Crippen LogP contribution in [0.2, 0.25) is 0 Å². The molecule has 1 N–H and O–H groups in total. The molecule has 0 fully saturated rings. The van der Waals surface area contributed by atoms with Gasteiger partial charge in [-0.3, -0.25) is 0 Å². The highest BCUT2D eigenvalue weighted by atomic mass is 32.2. The first-order chi connectivity index (χ1) is 11.8. The lowest BCUT2D eigenvalue weighted by Crippen LogP contribution is -2.38. The third kappa shape index (κ3) is 6.54. The molecule has 0 aliphatic heterocycles. The number of sulfonamides is 2. The smallest absolute Gasteiger partial charge is 0.213 e. The van der Waals surface area contributed by atoms with Crippen molar-refractivity contribution in [3.8, 4) is 0 Å². The van der Waals surface area contributed by atoms with E-state index in [9.17, 15) is 16.8 Å². The minimum absolute atomic E-state index is 0.0450. The van der Waals surface area contributed by atoms with Gasteiger partial charge in [-0.25, -0.2) is 25.9 Å². The van der Waals surface area contributed by atoms with Gasteiger partial charge in [0.1, 0.15) is 0 Å². The highest BCUT2D eigenvalue weighted by molar-refractivity contribution is 7.89. The average molecular weight is 387 g/mol. The Balaban J connectivity index is 1.91. The monoisotopic (exact) mass is 386 g/mol. The van der Waals surface area contributed by atoms with Gasteiger partial charge in [0, 0.05) is 19.6 Å². The van der Waals surface area contributed by atoms with E-state index in [1.54, 1.807) is 18.2 Å². The Morgan fingerprint density at radius 3 is 2.36 bits per heavy atom. The summed E-state index contributed by atoms with van der Waals surface area (Å²) < 4.78 is 52.1. The molecule has 0 saturated heterocycles. The molecule has 6 nitrogen and oxygen atoms in total. The largest absolute Gasteiger partial charge is 0.240 e. The first kappa shape index (κ1) is 20.1. The zero-order chi connectivity index (χ0) is 18.3. The molecular weight excluding hydrogens is 360 g/mol. The first-order valence-electron chi connectivity index (χ1n) is 8.47. The third-order valence-corrected chi connectivity index (χ3v) is 7.02. The van der Waals surface area contributed by atoms with Crippen LogP contribution in [0, 0.1) is 0 Å². The summed E-state index contributed by atoms with van der Waals surface area (Å²) in [5, 5.41) is 0. The molecule has 0 radical (unpaired) electrons. The van der Waals surface area contributed by atoms with Crippen LogP contribution in [-0.4, -0.2) is 47.0 Å². The second-order valence-corrected chi connectivity index (χ2v) is 9.98. The van der Waals surface area contributed by atoms with Gasteiger partial charge in [-0.05, 0) is 44.2 Å². The minimum atomic E-state index is -3.62. The van der Waals surface area contributed by atoms with Crippen LogP contribution in [0.3, 0.4) is 0 Å². The maximum absolute atomic E-state index is 12.2. The van der Waals surface area contributed by atoms with Crippen LogP contribution in [0.15, 0.2) is 46.9 Å². The van der Waals surface area contributed by atoms with Gasteiger partial charge in [-0.15, -0.1) is 0 Å². The van der Waals surface area contributed by atoms with Gasteiger partial charge in [0.2, 0.25) is 20.0 Å².